The van der Waals surface area contributed by atoms with Gasteiger partial charge in [-0.15, -0.1) is 0 Å². The number of fused-ring (bicyclic) bond motifs is 1. The number of ether oxygens (including phenoxy) is 2. The van der Waals surface area contributed by atoms with E-state index >= 15 is 4.39 Å². The molecule has 2 aliphatic rings. The highest BCUT2D eigenvalue weighted by molar-refractivity contribution is 5.80. The van der Waals surface area contributed by atoms with Crippen LogP contribution < -0.4 is 9.47 Å². The van der Waals surface area contributed by atoms with Crippen molar-refractivity contribution in [3.05, 3.63) is 88.7 Å². The van der Waals surface area contributed by atoms with Gasteiger partial charge in [0, 0.05) is 31.5 Å². The average molecular weight is 626 g/mol. The van der Waals surface area contributed by atoms with E-state index in [1.54, 1.807) is 6.07 Å². The number of hydrogen-bond donors (Lipinski definition) is 1. The first-order chi connectivity index (χ1) is 22.2. The van der Waals surface area contributed by atoms with Crippen LogP contribution in [0.2, 0.25) is 0 Å². The summed E-state index contributed by atoms with van der Waals surface area (Å²) in [5, 5.41) is 27.6. The van der Waals surface area contributed by atoms with Gasteiger partial charge in [0.2, 0.25) is 0 Å². The first-order valence-electron chi connectivity index (χ1n) is 15.3. The first kappa shape index (κ1) is 31.0. The lowest BCUT2D eigenvalue weighted by Gasteiger charge is -2.32. The number of benzene rings is 3. The second kappa shape index (κ2) is 13.2. The second-order valence-corrected chi connectivity index (χ2v) is 12.3. The molecule has 2 heterocycles. The highest BCUT2D eigenvalue weighted by Gasteiger charge is 2.43. The monoisotopic (exact) mass is 625 g/mol. The SMILES string of the molecule is N#CCC1(Cn2c(CN3CCC(Oc4cccc(COc5ccc(C#N)cc5F)c4)CC3)nc3c(F)cc(CC(=O)O)cc32)CC1. The third-order valence-corrected chi connectivity index (χ3v) is 8.76. The van der Waals surface area contributed by atoms with Gasteiger partial charge in [-0.05, 0) is 79.3 Å². The number of carbonyl (C=O) groups is 1. The number of nitrogens with zero attached hydrogens (tertiary/aromatic N) is 5. The molecule has 4 aromatic rings. The third kappa shape index (κ3) is 7.11. The zero-order valence-electron chi connectivity index (χ0n) is 25.2. The summed E-state index contributed by atoms with van der Waals surface area (Å²) in [6.45, 7) is 2.67. The third-order valence-electron chi connectivity index (χ3n) is 8.76. The topological polar surface area (TPSA) is 124 Å². The van der Waals surface area contributed by atoms with Crippen LogP contribution >= 0.6 is 0 Å². The van der Waals surface area contributed by atoms with Crippen LogP contribution in [-0.2, 0) is 30.9 Å². The summed E-state index contributed by atoms with van der Waals surface area (Å²) in [4.78, 5) is 18.3. The van der Waals surface area contributed by atoms with Crippen molar-refractivity contribution in [2.75, 3.05) is 13.1 Å². The molecule has 0 bridgehead atoms. The van der Waals surface area contributed by atoms with Gasteiger partial charge in [-0.25, -0.2) is 13.8 Å². The molecule has 11 heteroatoms. The summed E-state index contributed by atoms with van der Waals surface area (Å²) in [6.07, 6.45) is 3.49. The highest BCUT2D eigenvalue weighted by atomic mass is 19.1. The fraction of sp³-hybridized carbons (Fsp3) is 0.371. The molecule has 46 heavy (non-hydrogen) atoms. The number of carboxylic acid groups (broad SMARTS) is 1. The van der Waals surface area contributed by atoms with Crippen molar-refractivity contribution in [3.8, 4) is 23.6 Å². The standard InChI is InChI=1S/C35H33F2N5O4/c36-28-15-23(19-39)4-5-31(28)45-21-24-2-1-3-27(14-24)46-26-6-12-41(13-7-26)20-32-40-34-29(37)16-25(18-33(43)44)17-30(34)42(32)22-35(8-9-35)10-11-38/h1-5,14-17,26H,6-10,12-13,18,20-22H2,(H,43,44). The number of carboxylic acids is 1. The molecule has 236 valence electrons. The van der Waals surface area contributed by atoms with Crippen LogP contribution in [-0.4, -0.2) is 44.7 Å². The molecule has 1 saturated heterocycles. The van der Waals surface area contributed by atoms with Crippen molar-refractivity contribution in [2.24, 2.45) is 5.41 Å². The molecule has 1 N–H and O–H groups in total. The van der Waals surface area contributed by atoms with Crippen LogP contribution in [0.3, 0.4) is 0 Å². The minimum atomic E-state index is -1.03. The van der Waals surface area contributed by atoms with Gasteiger partial charge < -0.3 is 19.1 Å². The van der Waals surface area contributed by atoms with Crippen molar-refractivity contribution < 1.29 is 28.2 Å². The Hall–Kier alpha value is -5.00. The van der Waals surface area contributed by atoms with Crippen LogP contribution in [0, 0.1) is 39.7 Å². The van der Waals surface area contributed by atoms with E-state index in [4.69, 9.17) is 14.7 Å². The maximum Gasteiger partial charge on any atom is 0.307 e. The zero-order valence-corrected chi connectivity index (χ0v) is 25.2. The molecule has 1 saturated carbocycles. The Labute approximate surface area is 265 Å². The van der Waals surface area contributed by atoms with E-state index in [0.717, 1.165) is 50.4 Å². The minimum absolute atomic E-state index is 0.0106. The molecule has 1 aliphatic heterocycles. The van der Waals surface area contributed by atoms with Gasteiger partial charge in [-0.2, -0.15) is 10.5 Å². The molecule has 0 atom stereocenters. The van der Waals surface area contributed by atoms with Gasteiger partial charge in [0.05, 0.1) is 36.2 Å². The second-order valence-electron chi connectivity index (χ2n) is 12.3. The van der Waals surface area contributed by atoms with Crippen molar-refractivity contribution in [1.29, 1.82) is 10.5 Å². The van der Waals surface area contributed by atoms with Gasteiger partial charge in [0.15, 0.2) is 17.4 Å². The lowest BCUT2D eigenvalue weighted by molar-refractivity contribution is -0.136. The molecule has 3 aromatic carbocycles. The summed E-state index contributed by atoms with van der Waals surface area (Å²) in [5.74, 6) is -0.682. The largest absolute Gasteiger partial charge is 0.490 e. The molecule has 1 aromatic heterocycles. The Bertz CT molecular complexity index is 1850. The van der Waals surface area contributed by atoms with Gasteiger partial charge in [-0.1, -0.05) is 12.1 Å². The number of hydrogen-bond acceptors (Lipinski definition) is 7. The van der Waals surface area contributed by atoms with E-state index in [2.05, 4.69) is 16.0 Å². The number of halogens is 2. The fourth-order valence-corrected chi connectivity index (χ4v) is 6.06. The van der Waals surface area contributed by atoms with Gasteiger partial charge in [0.25, 0.3) is 0 Å². The number of aliphatic carboxylic acids is 1. The van der Waals surface area contributed by atoms with E-state index in [1.807, 2.05) is 34.9 Å². The Morgan fingerprint density at radius 2 is 1.85 bits per heavy atom. The number of likely N-dealkylation sites (tertiary alicyclic amines) is 1. The van der Waals surface area contributed by atoms with Crippen LogP contribution in [0.4, 0.5) is 8.78 Å². The smallest absolute Gasteiger partial charge is 0.307 e. The summed E-state index contributed by atoms with van der Waals surface area (Å²) in [6, 6.07) is 18.7. The number of imidazole rings is 1. The van der Waals surface area contributed by atoms with E-state index in [0.29, 0.717) is 42.2 Å². The molecular weight excluding hydrogens is 592 g/mol. The lowest BCUT2D eigenvalue weighted by atomic mass is 10.0. The van der Waals surface area contributed by atoms with Crippen LogP contribution in [0.15, 0.2) is 54.6 Å². The molecule has 1 aliphatic carbocycles. The minimum Gasteiger partial charge on any atom is -0.490 e. The molecule has 0 amide bonds. The zero-order chi connectivity index (χ0) is 32.3. The number of rotatable bonds is 12. The molecule has 0 spiro atoms. The molecule has 0 radical (unpaired) electrons. The summed E-state index contributed by atoms with van der Waals surface area (Å²) >= 11 is 0. The van der Waals surface area contributed by atoms with Crippen molar-refractivity contribution in [3.63, 3.8) is 0 Å². The summed E-state index contributed by atoms with van der Waals surface area (Å²) in [7, 11) is 0. The van der Waals surface area contributed by atoms with Gasteiger partial charge in [-0.3, -0.25) is 9.69 Å². The van der Waals surface area contributed by atoms with Crippen molar-refractivity contribution in [1.82, 2.24) is 14.5 Å². The summed E-state index contributed by atoms with van der Waals surface area (Å²) in [5.41, 5.74) is 2.06. The predicted octanol–water partition coefficient (Wildman–Crippen LogP) is 6.13. The quantitative estimate of drug-likeness (QED) is 0.199. The molecule has 0 unspecified atom stereocenters. The Morgan fingerprint density at radius 3 is 2.54 bits per heavy atom. The Morgan fingerprint density at radius 1 is 1.04 bits per heavy atom. The molecule has 6 rings (SSSR count). The van der Waals surface area contributed by atoms with Gasteiger partial charge >= 0.3 is 5.97 Å². The molecular formula is C35H33F2N5O4. The lowest BCUT2D eigenvalue weighted by Crippen LogP contribution is -2.38. The van der Waals surface area contributed by atoms with Crippen molar-refractivity contribution >= 4 is 17.0 Å². The predicted molar refractivity (Wildman–Crippen MR) is 164 cm³/mol. The summed E-state index contributed by atoms with van der Waals surface area (Å²) < 4.78 is 43.3. The van der Waals surface area contributed by atoms with Gasteiger partial charge in [0.1, 0.15) is 29.8 Å². The maximum absolute atomic E-state index is 15.1. The first-order valence-corrected chi connectivity index (χ1v) is 15.3. The number of aromatic nitrogens is 2. The van der Waals surface area contributed by atoms with E-state index in [-0.39, 0.29) is 41.4 Å². The van der Waals surface area contributed by atoms with Crippen LogP contribution in [0.1, 0.15) is 54.6 Å². The Balaban J connectivity index is 1.10. The normalized spacial score (nSPS) is 16.1. The molecule has 2 fully saturated rings. The average Bonchev–Trinajstić information content (AvgIpc) is 3.71. The number of piperidine rings is 1. The van der Waals surface area contributed by atoms with Crippen molar-refractivity contribution in [2.45, 2.75) is 64.3 Å². The van der Waals surface area contributed by atoms with E-state index in [9.17, 15) is 19.6 Å². The van der Waals surface area contributed by atoms with E-state index < -0.39 is 17.6 Å². The highest BCUT2D eigenvalue weighted by Crippen LogP contribution is 2.50. The fourth-order valence-electron chi connectivity index (χ4n) is 6.06. The Kier molecular flexibility index (Phi) is 8.87. The number of nitriles is 2. The van der Waals surface area contributed by atoms with E-state index in [1.165, 1.54) is 18.2 Å². The maximum atomic E-state index is 15.1. The molecule has 9 nitrogen and oxygen atoms in total. The van der Waals surface area contributed by atoms with Crippen LogP contribution in [0.5, 0.6) is 11.5 Å². The van der Waals surface area contributed by atoms with Crippen LogP contribution in [0.25, 0.3) is 11.0 Å².